The van der Waals surface area contributed by atoms with E-state index in [1.54, 1.807) is 0 Å². The second-order valence-electron chi connectivity index (χ2n) is 6.85. The number of rotatable bonds is 4. The number of ketones is 1. The van der Waals surface area contributed by atoms with E-state index in [0.29, 0.717) is 6.42 Å². The van der Waals surface area contributed by atoms with Crippen LogP contribution in [-0.4, -0.2) is 40.1 Å². The zero-order valence-corrected chi connectivity index (χ0v) is 15.2. The highest BCUT2D eigenvalue weighted by atomic mass is 16.6. The fourth-order valence-electron chi connectivity index (χ4n) is 3.61. The van der Waals surface area contributed by atoms with E-state index in [1.165, 1.54) is 5.01 Å². The normalized spacial score (nSPS) is 20.4. The topological polar surface area (TPSA) is 76.2 Å². The van der Waals surface area contributed by atoms with Crippen LogP contribution in [0.5, 0.6) is 0 Å². The molecule has 28 heavy (non-hydrogen) atoms. The molecule has 144 valence electrons. The van der Waals surface area contributed by atoms with Gasteiger partial charge in [0.05, 0.1) is 6.04 Å². The Bertz CT molecular complexity index is 871. The standard InChI is InChI=1S/C21H20N2O5/c24-19-12-17-11-18(19)23(21(26)28-14-16-9-5-2-6-10-16)22(17)20(25)27-13-15-7-3-1-4-8-15/h1-10,17-18H,11-14H2/t17-,18+/m0/s1. The predicted molar refractivity (Wildman–Crippen MR) is 98.7 cm³/mol. The van der Waals surface area contributed by atoms with Crippen LogP contribution in [0.25, 0.3) is 0 Å². The molecule has 2 aromatic rings. The van der Waals surface area contributed by atoms with Gasteiger partial charge in [-0.15, -0.1) is 0 Å². The highest BCUT2D eigenvalue weighted by molar-refractivity contribution is 5.93. The molecule has 2 aromatic carbocycles. The van der Waals surface area contributed by atoms with Crippen LogP contribution in [0, 0.1) is 0 Å². The van der Waals surface area contributed by atoms with Crippen molar-refractivity contribution >= 4 is 18.0 Å². The summed E-state index contributed by atoms with van der Waals surface area (Å²) in [5, 5.41) is 2.36. The minimum atomic E-state index is -0.721. The Morgan fingerprint density at radius 1 is 0.821 bits per heavy atom. The molecule has 0 spiro atoms. The fraction of sp³-hybridized carbons (Fsp3) is 0.286. The molecule has 1 saturated heterocycles. The van der Waals surface area contributed by atoms with E-state index < -0.39 is 18.2 Å². The lowest BCUT2D eigenvalue weighted by atomic mass is 10.2. The number of hydrazine groups is 1. The van der Waals surface area contributed by atoms with Gasteiger partial charge in [0.25, 0.3) is 0 Å². The minimum Gasteiger partial charge on any atom is -0.443 e. The van der Waals surface area contributed by atoms with Gasteiger partial charge >= 0.3 is 12.2 Å². The lowest BCUT2D eigenvalue weighted by Gasteiger charge is -2.35. The van der Waals surface area contributed by atoms with Crippen molar-refractivity contribution in [3.63, 3.8) is 0 Å². The number of fused-ring (bicyclic) bond motifs is 2. The molecule has 0 unspecified atom stereocenters. The highest BCUT2D eigenvalue weighted by Gasteiger charge is 2.55. The van der Waals surface area contributed by atoms with E-state index >= 15 is 0 Å². The van der Waals surface area contributed by atoms with Gasteiger partial charge < -0.3 is 9.47 Å². The van der Waals surface area contributed by atoms with Crippen LogP contribution in [0.1, 0.15) is 24.0 Å². The molecule has 0 radical (unpaired) electrons. The number of hydrogen-bond acceptors (Lipinski definition) is 5. The third-order valence-corrected chi connectivity index (χ3v) is 4.96. The largest absolute Gasteiger partial charge is 0.443 e. The maximum Gasteiger partial charge on any atom is 0.430 e. The van der Waals surface area contributed by atoms with E-state index in [0.717, 1.165) is 16.1 Å². The Morgan fingerprint density at radius 3 is 1.86 bits per heavy atom. The van der Waals surface area contributed by atoms with Crippen molar-refractivity contribution in [1.82, 2.24) is 10.0 Å². The number of benzene rings is 2. The molecule has 7 nitrogen and oxygen atoms in total. The first-order chi connectivity index (χ1) is 13.6. The van der Waals surface area contributed by atoms with Crippen LogP contribution in [0.2, 0.25) is 0 Å². The fourth-order valence-corrected chi connectivity index (χ4v) is 3.61. The van der Waals surface area contributed by atoms with Crippen LogP contribution in [0.15, 0.2) is 60.7 Å². The maximum absolute atomic E-state index is 12.6. The summed E-state index contributed by atoms with van der Waals surface area (Å²) in [6.07, 6.45) is -0.727. The van der Waals surface area contributed by atoms with Crippen LogP contribution >= 0.6 is 0 Å². The molecule has 0 aromatic heterocycles. The Hall–Kier alpha value is -3.35. The Kier molecular flexibility index (Phi) is 4.97. The first-order valence-electron chi connectivity index (χ1n) is 9.16. The molecule has 2 bridgehead atoms. The molecule has 2 fully saturated rings. The minimum absolute atomic E-state index is 0.0613. The summed E-state index contributed by atoms with van der Waals surface area (Å²) in [4.78, 5) is 37.4. The number of nitrogens with zero attached hydrogens (tertiary/aromatic N) is 2. The van der Waals surface area contributed by atoms with E-state index in [-0.39, 0.29) is 31.5 Å². The van der Waals surface area contributed by atoms with Gasteiger partial charge in [0.15, 0.2) is 5.78 Å². The van der Waals surface area contributed by atoms with E-state index in [2.05, 4.69) is 0 Å². The highest BCUT2D eigenvalue weighted by Crippen LogP contribution is 2.36. The summed E-state index contributed by atoms with van der Waals surface area (Å²) in [5.41, 5.74) is 1.67. The predicted octanol–water partition coefficient (Wildman–Crippen LogP) is 3.29. The molecule has 1 aliphatic heterocycles. The maximum atomic E-state index is 12.6. The van der Waals surface area contributed by atoms with Gasteiger partial charge in [-0.3, -0.25) is 4.79 Å². The van der Waals surface area contributed by atoms with E-state index in [9.17, 15) is 14.4 Å². The van der Waals surface area contributed by atoms with Crippen LogP contribution in [-0.2, 0) is 27.5 Å². The third kappa shape index (κ3) is 3.55. The first kappa shape index (κ1) is 18.0. The van der Waals surface area contributed by atoms with Crippen molar-refractivity contribution in [1.29, 1.82) is 0 Å². The Balaban J connectivity index is 1.43. The van der Waals surface area contributed by atoms with Crippen molar-refractivity contribution in [2.24, 2.45) is 0 Å². The number of ether oxygens (including phenoxy) is 2. The Labute approximate surface area is 162 Å². The lowest BCUT2D eigenvalue weighted by molar-refractivity contribution is -0.130. The van der Waals surface area contributed by atoms with Gasteiger partial charge in [0.1, 0.15) is 19.3 Å². The lowest BCUT2D eigenvalue weighted by Crippen LogP contribution is -2.56. The van der Waals surface area contributed by atoms with Crippen LogP contribution in [0.4, 0.5) is 9.59 Å². The number of carbonyl (C=O) groups is 3. The van der Waals surface area contributed by atoms with E-state index in [1.807, 2.05) is 60.7 Å². The van der Waals surface area contributed by atoms with Crippen LogP contribution in [0.3, 0.4) is 0 Å². The smallest absolute Gasteiger partial charge is 0.430 e. The van der Waals surface area contributed by atoms with Crippen molar-refractivity contribution in [2.45, 2.75) is 38.1 Å². The average Bonchev–Trinajstić information content (AvgIpc) is 3.29. The van der Waals surface area contributed by atoms with E-state index in [4.69, 9.17) is 9.47 Å². The molecule has 2 atom stereocenters. The Morgan fingerprint density at radius 2 is 1.32 bits per heavy atom. The summed E-state index contributed by atoms with van der Waals surface area (Å²) in [6, 6.07) is 17.5. The molecular formula is C21H20N2O5. The molecule has 1 aliphatic carbocycles. The molecular weight excluding hydrogens is 360 g/mol. The van der Waals surface area contributed by atoms with Crippen molar-refractivity contribution < 1.29 is 23.9 Å². The zero-order valence-electron chi connectivity index (χ0n) is 15.2. The van der Waals surface area contributed by atoms with Crippen molar-refractivity contribution in [3.05, 3.63) is 71.8 Å². The summed E-state index contributed by atoms with van der Waals surface area (Å²) in [7, 11) is 0. The van der Waals surface area contributed by atoms with Crippen molar-refractivity contribution in [3.8, 4) is 0 Å². The number of hydrogen-bond donors (Lipinski definition) is 0. The monoisotopic (exact) mass is 380 g/mol. The SMILES string of the molecule is O=C1C[C@@H]2C[C@H]1N(C(=O)OCc1ccccc1)N2C(=O)OCc1ccccc1. The zero-order chi connectivity index (χ0) is 19.5. The van der Waals surface area contributed by atoms with Gasteiger partial charge in [-0.1, -0.05) is 60.7 Å². The summed E-state index contributed by atoms with van der Waals surface area (Å²) >= 11 is 0. The second kappa shape index (κ2) is 7.72. The van der Waals surface area contributed by atoms with Gasteiger partial charge in [-0.05, 0) is 11.1 Å². The average molecular weight is 380 g/mol. The van der Waals surface area contributed by atoms with Gasteiger partial charge in [0, 0.05) is 12.8 Å². The molecule has 1 saturated carbocycles. The summed E-state index contributed by atoms with van der Waals surface area (Å²) < 4.78 is 10.7. The number of Topliss-reactive ketones (excluding diaryl/α,β-unsaturated/α-hetero) is 1. The molecule has 4 rings (SSSR count). The number of carbonyl (C=O) groups excluding carboxylic acids is 3. The van der Waals surface area contributed by atoms with Gasteiger partial charge in [0.2, 0.25) is 0 Å². The summed E-state index contributed by atoms with van der Waals surface area (Å²) in [5.74, 6) is -0.0613. The molecule has 2 amide bonds. The first-order valence-corrected chi connectivity index (χ1v) is 9.16. The third-order valence-electron chi connectivity index (χ3n) is 4.96. The molecule has 0 N–H and O–H groups in total. The summed E-state index contributed by atoms with van der Waals surface area (Å²) in [6.45, 7) is 0.156. The quantitative estimate of drug-likeness (QED) is 0.814. The molecule has 7 heteroatoms. The second-order valence-corrected chi connectivity index (χ2v) is 6.85. The van der Waals surface area contributed by atoms with Gasteiger partial charge in [-0.2, -0.15) is 0 Å². The molecule has 1 heterocycles. The van der Waals surface area contributed by atoms with Crippen LogP contribution < -0.4 is 0 Å². The molecule has 2 aliphatic rings. The van der Waals surface area contributed by atoms with Crippen molar-refractivity contribution in [2.75, 3.05) is 0 Å². The number of amides is 2. The van der Waals surface area contributed by atoms with Gasteiger partial charge in [-0.25, -0.2) is 19.6 Å².